The van der Waals surface area contributed by atoms with E-state index >= 15 is 0 Å². The minimum absolute atomic E-state index is 0.284. The van der Waals surface area contributed by atoms with Crippen LogP contribution in [-0.2, 0) is 9.53 Å². The van der Waals surface area contributed by atoms with Gasteiger partial charge in [-0.1, -0.05) is 31.4 Å². The van der Waals surface area contributed by atoms with E-state index < -0.39 is 5.97 Å². The van der Waals surface area contributed by atoms with E-state index in [2.05, 4.69) is 12.2 Å². The fourth-order valence-electron chi connectivity index (χ4n) is 5.06. The Balaban J connectivity index is 1.46. The monoisotopic (exact) mass is 320 g/mol. The van der Waals surface area contributed by atoms with Crippen LogP contribution in [0.25, 0.3) is 0 Å². The van der Waals surface area contributed by atoms with Crippen LogP contribution >= 0.6 is 0 Å². The molecule has 0 aromatic rings. The molecule has 0 radical (unpaired) electrons. The predicted molar refractivity (Wildman–Crippen MR) is 91.3 cm³/mol. The van der Waals surface area contributed by atoms with Gasteiger partial charge >= 0.3 is 5.97 Å². The van der Waals surface area contributed by atoms with Gasteiger partial charge in [-0.2, -0.15) is 0 Å². The lowest BCUT2D eigenvalue weighted by Gasteiger charge is -2.35. The summed E-state index contributed by atoms with van der Waals surface area (Å²) in [6, 6.07) is 0. The summed E-state index contributed by atoms with van der Waals surface area (Å²) in [5.41, 5.74) is 0. The third kappa shape index (κ3) is 4.59. The number of aliphatic carboxylic acids is 1. The standard InChI is InChI=1S/C20H32O3/c21-19(22)11-7-2-1-6-10-18-15-12-13-16(14-15)20(18)23-17-8-4-3-5-9-17/h1,6,15-18,20H,2-5,7-14H2,(H,21,22)/t15-,16+,18-,20-/m1/s1. The highest BCUT2D eigenvalue weighted by Gasteiger charge is 2.48. The number of hydrogen-bond acceptors (Lipinski definition) is 2. The molecule has 3 fully saturated rings. The van der Waals surface area contributed by atoms with Gasteiger partial charge in [0.2, 0.25) is 0 Å². The zero-order valence-corrected chi connectivity index (χ0v) is 14.3. The fourth-order valence-corrected chi connectivity index (χ4v) is 5.06. The Morgan fingerprint density at radius 2 is 1.83 bits per heavy atom. The zero-order valence-electron chi connectivity index (χ0n) is 14.3. The maximum absolute atomic E-state index is 10.5. The molecule has 0 amide bonds. The molecule has 0 saturated heterocycles. The molecule has 0 spiro atoms. The van der Waals surface area contributed by atoms with Gasteiger partial charge in [-0.25, -0.2) is 0 Å². The summed E-state index contributed by atoms with van der Waals surface area (Å²) in [7, 11) is 0. The van der Waals surface area contributed by atoms with E-state index in [1.807, 2.05) is 0 Å². The van der Waals surface area contributed by atoms with E-state index in [9.17, 15) is 4.79 Å². The van der Waals surface area contributed by atoms with Gasteiger partial charge in [0.1, 0.15) is 0 Å². The summed E-state index contributed by atoms with van der Waals surface area (Å²) in [4.78, 5) is 10.5. The molecule has 0 aromatic heterocycles. The number of unbranched alkanes of at least 4 members (excludes halogenated alkanes) is 1. The quantitative estimate of drug-likeness (QED) is 0.508. The minimum Gasteiger partial charge on any atom is -0.481 e. The first kappa shape index (κ1) is 17.0. The van der Waals surface area contributed by atoms with Crippen LogP contribution in [0.5, 0.6) is 0 Å². The normalized spacial score (nSPS) is 34.4. The van der Waals surface area contributed by atoms with Crippen molar-refractivity contribution in [3.8, 4) is 0 Å². The van der Waals surface area contributed by atoms with Crippen LogP contribution in [0.3, 0.4) is 0 Å². The number of ether oxygens (including phenoxy) is 1. The lowest BCUT2D eigenvalue weighted by atomic mass is 9.83. The van der Waals surface area contributed by atoms with Crippen molar-refractivity contribution in [1.29, 1.82) is 0 Å². The number of rotatable bonds is 8. The average molecular weight is 320 g/mol. The van der Waals surface area contributed by atoms with Gasteiger partial charge in [-0.05, 0) is 69.1 Å². The van der Waals surface area contributed by atoms with Crippen LogP contribution in [0.2, 0.25) is 0 Å². The first-order valence-corrected chi connectivity index (χ1v) is 9.76. The molecule has 23 heavy (non-hydrogen) atoms. The summed E-state index contributed by atoms with van der Waals surface area (Å²) in [5.74, 6) is 1.71. The second-order valence-electron chi connectivity index (χ2n) is 7.85. The first-order chi connectivity index (χ1) is 11.2. The number of fused-ring (bicyclic) bond motifs is 2. The Kier molecular flexibility index (Phi) is 6.15. The summed E-state index contributed by atoms with van der Waals surface area (Å²) in [5, 5.41) is 8.66. The molecule has 0 unspecified atom stereocenters. The molecule has 4 atom stereocenters. The smallest absolute Gasteiger partial charge is 0.303 e. The van der Waals surface area contributed by atoms with Crippen molar-refractivity contribution >= 4 is 5.97 Å². The molecule has 3 rings (SSSR count). The Labute approximate surface area is 140 Å². The fraction of sp³-hybridized carbons (Fsp3) is 0.850. The van der Waals surface area contributed by atoms with E-state index in [0.29, 0.717) is 18.1 Å². The molecule has 2 bridgehead atoms. The van der Waals surface area contributed by atoms with Crippen LogP contribution in [-0.4, -0.2) is 23.3 Å². The highest BCUT2D eigenvalue weighted by Crippen LogP contribution is 2.52. The number of carbonyl (C=O) groups is 1. The van der Waals surface area contributed by atoms with E-state index in [-0.39, 0.29) is 6.42 Å². The molecule has 3 saturated carbocycles. The Hall–Kier alpha value is -0.830. The Morgan fingerprint density at radius 3 is 2.61 bits per heavy atom. The number of allylic oxidation sites excluding steroid dienone is 2. The van der Waals surface area contributed by atoms with Gasteiger partial charge in [0.15, 0.2) is 0 Å². The van der Waals surface area contributed by atoms with Gasteiger partial charge < -0.3 is 9.84 Å². The van der Waals surface area contributed by atoms with Crippen LogP contribution in [0.1, 0.15) is 77.0 Å². The van der Waals surface area contributed by atoms with Crippen molar-refractivity contribution < 1.29 is 14.6 Å². The molecule has 3 aliphatic carbocycles. The molecule has 1 N–H and O–H groups in total. The Morgan fingerprint density at radius 1 is 1.04 bits per heavy atom. The van der Waals surface area contributed by atoms with E-state index in [1.165, 1.54) is 51.4 Å². The van der Waals surface area contributed by atoms with Crippen LogP contribution in [0, 0.1) is 17.8 Å². The molecule has 3 heteroatoms. The molecule has 3 aliphatic rings. The zero-order chi connectivity index (χ0) is 16.1. The van der Waals surface area contributed by atoms with Crippen molar-refractivity contribution in [3.63, 3.8) is 0 Å². The molecule has 3 nitrogen and oxygen atoms in total. The molecule has 130 valence electrons. The minimum atomic E-state index is -0.688. The summed E-state index contributed by atoms with van der Waals surface area (Å²) < 4.78 is 6.60. The third-order valence-corrected chi connectivity index (χ3v) is 6.24. The largest absolute Gasteiger partial charge is 0.481 e. The highest BCUT2D eigenvalue weighted by molar-refractivity contribution is 5.66. The summed E-state index contributed by atoms with van der Waals surface area (Å²) in [6.07, 6.45) is 19.3. The molecule has 0 heterocycles. The number of carboxylic acid groups (broad SMARTS) is 1. The summed E-state index contributed by atoms with van der Waals surface area (Å²) in [6.45, 7) is 0. The van der Waals surface area contributed by atoms with Crippen LogP contribution in [0.15, 0.2) is 12.2 Å². The lowest BCUT2D eigenvalue weighted by molar-refractivity contribution is -0.137. The maximum atomic E-state index is 10.5. The Bertz CT molecular complexity index is 411. The van der Waals surface area contributed by atoms with Crippen LogP contribution < -0.4 is 0 Å². The van der Waals surface area contributed by atoms with Gasteiger partial charge in [-0.3, -0.25) is 4.79 Å². The van der Waals surface area contributed by atoms with Crippen molar-refractivity contribution in [2.24, 2.45) is 17.8 Å². The van der Waals surface area contributed by atoms with Gasteiger partial charge in [-0.15, -0.1) is 0 Å². The molecule has 0 aliphatic heterocycles. The van der Waals surface area contributed by atoms with E-state index in [0.717, 1.165) is 31.1 Å². The van der Waals surface area contributed by atoms with Crippen molar-refractivity contribution in [1.82, 2.24) is 0 Å². The molecular weight excluding hydrogens is 288 g/mol. The summed E-state index contributed by atoms with van der Waals surface area (Å²) >= 11 is 0. The van der Waals surface area contributed by atoms with E-state index in [1.54, 1.807) is 0 Å². The predicted octanol–water partition coefficient (Wildman–Crippen LogP) is 4.95. The second kappa shape index (κ2) is 8.32. The van der Waals surface area contributed by atoms with E-state index in [4.69, 9.17) is 9.84 Å². The van der Waals surface area contributed by atoms with Gasteiger partial charge in [0, 0.05) is 6.42 Å². The number of carboxylic acids is 1. The first-order valence-electron chi connectivity index (χ1n) is 9.76. The van der Waals surface area contributed by atoms with Crippen molar-refractivity contribution in [3.05, 3.63) is 12.2 Å². The molecule has 0 aromatic carbocycles. The lowest BCUT2D eigenvalue weighted by Crippen LogP contribution is -2.34. The average Bonchev–Trinajstić information content (AvgIpc) is 3.14. The SMILES string of the molecule is O=C(O)CCCC=CC[C@@H]1[C@@H]2CC[C@@H](C2)[C@H]1OC1CCCCC1. The third-order valence-electron chi connectivity index (χ3n) is 6.24. The van der Waals surface area contributed by atoms with Crippen molar-refractivity contribution in [2.75, 3.05) is 0 Å². The number of hydrogen-bond donors (Lipinski definition) is 1. The van der Waals surface area contributed by atoms with Crippen molar-refractivity contribution in [2.45, 2.75) is 89.3 Å². The maximum Gasteiger partial charge on any atom is 0.303 e. The highest BCUT2D eigenvalue weighted by atomic mass is 16.5. The second-order valence-corrected chi connectivity index (χ2v) is 7.85. The topological polar surface area (TPSA) is 46.5 Å². The van der Waals surface area contributed by atoms with Gasteiger partial charge in [0.05, 0.1) is 12.2 Å². The molecular formula is C20H32O3. The van der Waals surface area contributed by atoms with Gasteiger partial charge in [0.25, 0.3) is 0 Å². The van der Waals surface area contributed by atoms with Crippen LogP contribution in [0.4, 0.5) is 0 Å².